The molecular formula is C4H7N7O. The summed E-state index contributed by atoms with van der Waals surface area (Å²) in [5.41, 5.74) is 0. The maximum atomic E-state index is 10.8. The molecule has 64 valence electrons. The molecule has 2 amide bonds. The van der Waals surface area contributed by atoms with Gasteiger partial charge in [0.25, 0.3) is 0 Å². The van der Waals surface area contributed by atoms with E-state index in [1.165, 1.54) is 12.3 Å². The molecule has 0 fully saturated rings. The number of carbonyl (C=O) groups excluding carboxylic acids is 1. The molecule has 1 heterocycles. The van der Waals surface area contributed by atoms with E-state index in [2.05, 4.69) is 20.7 Å². The summed E-state index contributed by atoms with van der Waals surface area (Å²) in [5.74, 6) is 10.1. The molecule has 0 aliphatic heterocycles. The highest BCUT2D eigenvalue weighted by Crippen LogP contribution is 1.95. The lowest BCUT2D eigenvalue weighted by Gasteiger charge is -2.08. The molecule has 1 aromatic heterocycles. The number of amides is 2. The fourth-order valence-electron chi connectivity index (χ4n) is 0.482. The van der Waals surface area contributed by atoms with Crippen molar-refractivity contribution in [3.05, 3.63) is 12.3 Å². The van der Waals surface area contributed by atoms with Crippen molar-refractivity contribution in [2.45, 2.75) is 0 Å². The van der Waals surface area contributed by atoms with Crippen LogP contribution in [0.1, 0.15) is 0 Å². The summed E-state index contributed by atoms with van der Waals surface area (Å²) in [7, 11) is 0. The molecule has 1 rings (SSSR count). The molecule has 8 heteroatoms. The topological polar surface area (TPSA) is 123 Å². The zero-order valence-corrected chi connectivity index (χ0v) is 6.01. The minimum Gasteiger partial charge on any atom is -0.288 e. The molecular weight excluding hydrogens is 162 g/mol. The van der Waals surface area contributed by atoms with Gasteiger partial charge in [-0.25, -0.2) is 16.5 Å². The van der Waals surface area contributed by atoms with Crippen LogP contribution in [0.15, 0.2) is 12.3 Å². The Balaban J connectivity index is 2.59. The molecule has 0 bridgehead atoms. The standard InChI is InChI=1S/C4H7N7O/c5-11(6)4(12)8-3-1-2-7-10-9-3/h1-2H,5-6H2,(H,7,8,9,12). The molecule has 0 spiro atoms. The number of nitrogens with one attached hydrogen (secondary N) is 1. The third-order valence-corrected chi connectivity index (χ3v) is 0.973. The van der Waals surface area contributed by atoms with Gasteiger partial charge in [0.15, 0.2) is 5.82 Å². The normalized spacial score (nSPS) is 9.17. The van der Waals surface area contributed by atoms with Crippen LogP contribution in [0.4, 0.5) is 10.6 Å². The van der Waals surface area contributed by atoms with Crippen molar-refractivity contribution < 1.29 is 4.79 Å². The van der Waals surface area contributed by atoms with Gasteiger partial charge in [-0.2, -0.15) is 5.12 Å². The van der Waals surface area contributed by atoms with E-state index in [-0.39, 0.29) is 5.82 Å². The predicted molar refractivity (Wildman–Crippen MR) is 39.1 cm³/mol. The Morgan fingerprint density at radius 1 is 1.58 bits per heavy atom. The first kappa shape index (κ1) is 8.30. The Hall–Kier alpha value is -1.80. The third-order valence-electron chi connectivity index (χ3n) is 0.973. The average molecular weight is 169 g/mol. The number of hydrazine groups is 2. The first-order valence-corrected chi connectivity index (χ1v) is 2.95. The fraction of sp³-hybridized carbons (Fsp3) is 0. The number of rotatable bonds is 1. The highest BCUT2D eigenvalue weighted by Gasteiger charge is 2.04. The highest BCUT2D eigenvalue weighted by atomic mass is 16.2. The number of anilines is 1. The SMILES string of the molecule is NN(N)C(=O)Nc1ccnnn1. The molecule has 0 saturated heterocycles. The molecule has 12 heavy (non-hydrogen) atoms. The Bertz CT molecular complexity index is 259. The second-order valence-electron chi connectivity index (χ2n) is 1.84. The first-order chi connectivity index (χ1) is 5.70. The summed E-state index contributed by atoms with van der Waals surface area (Å²) < 4.78 is 0. The molecule has 8 nitrogen and oxygen atoms in total. The maximum absolute atomic E-state index is 10.8. The van der Waals surface area contributed by atoms with Crippen LogP contribution in [-0.2, 0) is 0 Å². The van der Waals surface area contributed by atoms with Crippen LogP contribution >= 0.6 is 0 Å². The van der Waals surface area contributed by atoms with Crippen LogP contribution < -0.4 is 17.0 Å². The summed E-state index contributed by atoms with van der Waals surface area (Å²) >= 11 is 0. The van der Waals surface area contributed by atoms with Gasteiger partial charge >= 0.3 is 6.03 Å². The Labute approximate surface area is 67.5 Å². The van der Waals surface area contributed by atoms with Gasteiger partial charge in [-0.15, -0.1) is 10.2 Å². The van der Waals surface area contributed by atoms with Crippen molar-refractivity contribution in [2.24, 2.45) is 11.7 Å². The maximum Gasteiger partial charge on any atom is 0.352 e. The number of aromatic nitrogens is 3. The first-order valence-electron chi connectivity index (χ1n) is 2.95. The van der Waals surface area contributed by atoms with Gasteiger partial charge in [-0.3, -0.25) is 5.32 Å². The van der Waals surface area contributed by atoms with Crippen LogP contribution in [-0.4, -0.2) is 26.6 Å². The number of carbonyl (C=O) groups is 1. The van der Waals surface area contributed by atoms with E-state index >= 15 is 0 Å². The second-order valence-corrected chi connectivity index (χ2v) is 1.84. The molecule has 0 unspecified atom stereocenters. The lowest BCUT2D eigenvalue weighted by molar-refractivity contribution is 0.214. The van der Waals surface area contributed by atoms with Gasteiger partial charge in [0.2, 0.25) is 0 Å². The van der Waals surface area contributed by atoms with Crippen LogP contribution in [0.25, 0.3) is 0 Å². The molecule has 0 aromatic carbocycles. The van der Waals surface area contributed by atoms with Crippen LogP contribution in [0.3, 0.4) is 0 Å². The van der Waals surface area contributed by atoms with E-state index in [1.54, 1.807) is 0 Å². The smallest absolute Gasteiger partial charge is 0.288 e. The second kappa shape index (κ2) is 3.55. The van der Waals surface area contributed by atoms with E-state index in [9.17, 15) is 4.79 Å². The lowest BCUT2D eigenvalue weighted by Crippen LogP contribution is -2.46. The Kier molecular flexibility index (Phi) is 2.46. The molecule has 0 aliphatic rings. The minimum atomic E-state index is -0.685. The van der Waals surface area contributed by atoms with Crippen molar-refractivity contribution in [3.8, 4) is 0 Å². The average Bonchev–Trinajstić information content (AvgIpc) is 2.06. The molecule has 0 atom stereocenters. The van der Waals surface area contributed by atoms with Gasteiger partial charge in [0.05, 0.1) is 6.20 Å². The summed E-state index contributed by atoms with van der Waals surface area (Å²) in [6.45, 7) is 0. The third kappa shape index (κ3) is 2.11. The molecule has 1 aromatic rings. The van der Waals surface area contributed by atoms with E-state index < -0.39 is 6.03 Å². The summed E-state index contributed by atoms with van der Waals surface area (Å²) in [4.78, 5) is 10.8. The zero-order valence-electron chi connectivity index (χ0n) is 6.01. The number of hydrogen-bond acceptors (Lipinski definition) is 6. The molecule has 0 radical (unpaired) electrons. The van der Waals surface area contributed by atoms with Gasteiger partial charge in [-0.05, 0) is 5.21 Å². The van der Waals surface area contributed by atoms with Crippen LogP contribution in [0.2, 0.25) is 0 Å². The number of nitrogens with two attached hydrogens (primary N) is 2. The number of nitrogens with zero attached hydrogens (tertiary/aromatic N) is 4. The van der Waals surface area contributed by atoms with E-state index in [1.807, 2.05) is 0 Å². The zero-order chi connectivity index (χ0) is 8.97. The molecule has 0 saturated carbocycles. The fourth-order valence-corrected chi connectivity index (χ4v) is 0.482. The van der Waals surface area contributed by atoms with Gasteiger partial charge in [0, 0.05) is 6.07 Å². The van der Waals surface area contributed by atoms with E-state index in [0.29, 0.717) is 5.12 Å². The largest absolute Gasteiger partial charge is 0.352 e. The van der Waals surface area contributed by atoms with Crippen molar-refractivity contribution in [2.75, 3.05) is 5.32 Å². The quantitative estimate of drug-likeness (QED) is 0.266. The molecule has 0 aliphatic carbocycles. The monoisotopic (exact) mass is 169 g/mol. The summed E-state index contributed by atoms with van der Waals surface area (Å²) in [6, 6.07) is 0.768. The molecule has 5 N–H and O–H groups in total. The summed E-state index contributed by atoms with van der Waals surface area (Å²) in [5, 5.41) is 12.8. The van der Waals surface area contributed by atoms with E-state index in [4.69, 9.17) is 11.7 Å². The lowest BCUT2D eigenvalue weighted by atomic mass is 10.6. The van der Waals surface area contributed by atoms with Crippen molar-refractivity contribution in [1.29, 1.82) is 0 Å². The number of hydrogen-bond donors (Lipinski definition) is 3. The summed E-state index contributed by atoms with van der Waals surface area (Å²) in [6.07, 6.45) is 1.37. The highest BCUT2D eigenvalue weighted by molar-refractivity contribution is 5.87. The van der Waals surface area contributed by atoms with Crippen molar-refractivity contribution in [1.82, 2.24) is 20.5 Å². The van der Waals surface area contributed by atoms with Crippen LogP contribution in [0.5, 0.6) is 0 Å². The van der Waals surface area contributed by atoms with Gasteiger partial charge < -0.3 is 0 Å². The van der Waals surface area contributed by atoms with Gasteiger partial charge in [0.1, 0.15) is 0 Å². The van der Waals surface area contributed by atoms with Crippen molar-refractivity contribution >= 4 is 11.8 Å². The Morgan fingerprint density at radius 3 is 2.83 bits per heavy atom. The number of urea groups is 1. The predicted octanol–water partition coefficient (Wildman–Crippen LogP) is -1.55. The van der Waals surface area contributed by atoms with Gasteiger partial charge in [-0.1, -0.05) is 0 Å². The van der Waals surface area contributed by atoms with E-state index in [0.717, 1.165) is 0 Å². The van der Waals surface area contributed by atoms with Crippen molar-refractivity contribution in [3.63, 3.8) is 0 Å². The Morgan fingerprint density at radius 2 is 2.33 bits per heavy atom. The van der Waals surface area contributed by atoms with Crippen LogP contribution in [0, 0.1) is 0 Å². The minimum absolute atomic E-state index is 0.232.